The molecule has 0 unspecified atom stereocenters. The summed E-state index contributed by atoms with van der Waals surface area (Å²) in [4.78, 5) is 5.36. The SMILES string of the molecule is C=NC1=C(SCN)CCCC1. The van der Waals surface area contributed by atoms with Gasteiger partial charge in [0.15, 0.2) is 0 Å². The second-order valence-corrected chi connectivity index (χ2v) is 3.66. The molecule has 0 saturated carbocycles. The highest BCUT2D eigenvalue weighted by atomic mass is 32.2. The van der Waals surface area contributed by atoms with Crippen molar-refractivity contribution in [3.8, 4) is 0 Å². The van der Waals surface area contributed by atoms with Gasteiger partial charge < -0.3 is 5.73 Å². The van der Waals surface area contributed by atoms with Gasteiger partial charge in [-0.15, -0.1) is 11.8 Å². The lowest BCUT2D eigenvalue weighted by molar-refractivity contribution is 0.690. The predicted octanol–water partition coefficient (Wildman–Crippen LogP) is 2.12. The zero-order chi connectivity index (χ0) is 8.10. The summed E-state index contributed by atoms with van der Waals surface area (Å²) in [6, 6.07) is 0. The number of hydrogen-bond donors (Lipinski definition) is 1. The molecule has 11 heavy (non-hydrogen) atoms. The van der Waals surface area contributed by atoms with Crippen LogP contribution in [0, 0.1) is 0 Å². The number of rotatable bonds is 3. The quantitative estimate of drug-likeness (QED) is 0.520. The first-order chi connectivity index (χ1) is 5.38. The van der Waals surface area contributed by atoms with Gasteiger partial charge in [-0.1, -0.05) is 0 Å². The highest BCUT2D eigenvalue weighted by Crippen LogP contribution is 2.32. The third-order valence-corrected chi connectivity index (χ3v) is 2.79. The number of hydrogen-bond acceptors (Lipinski definition) is 3. The molecule has 2 N–H and O–H groups in total. The Balaban J connectivity index is 2.64. The fourth-order valence-corrected chi connectivity index (χ4v) is 2.11. The first kappa shape index (κ1) is 8.81. The third-order valence-electron chi connectivity index (χ3n) is 1.84. The lowest BCUT2D eigenvalue weighted by Gasteiger charge is -2.15. The van der Waals surface area contributed by atoms with Crippen LogP contribution in [0.1, 0.15) is 25.7 Å². The molecule has 62 valence electrons. The Morgan fingerprint density at radius 1 is 1.45 bits per heavy atom. The maximum Gasteiger partial charge on any atom is 0.0491 e. The van der Waals surface area contributed by atoms with Crippen LogP contribution in [0.2, 0.25) is 0 Å². The van der Waals surface area contributed by atoms with Gasteiger partial charge in [0.05, 0.1) is 0 Å². The van der Waals surface area contributed by atoms with Crippen molar-refractivity contribution in [3.05, 3.63) is 10.6 Å². The van der Waals surface area contributed by atoms with E-state index in [4.69, 9.17) is 5.73 Å². The summed E-state index contributed by atoms with van der Waals surface area (Å²) in [6.07, 6.45) is 4.77. The van der Waals surface area contributed by atoms with E-state index in [0.717, 1.165) is 12.8 Å². The number of allylic oxidation sites excluding steroid dienone is 2. The van der Waals surface area contributed by atoms with Gasteiger partial charge in [0.25, 0.3) is 0 Å². The van der Waals surface area contributed by atoms with Crippen LogP contribution in [0.15, 0.2) is 15.6 Å². The summed E-state index contributed by atoms with van der Waals surface area (Å²) in [5.41, 5.74) is 6.62. The molecule has 1 aliphatic carbocycles. The molecule has 0 aromatic heterocycles. The van der Waals surface area contributed by atoms with Crippen LogP contribution in [-0.2, 0) is 0 Å². The Hall–Kier alpha value is -0.280. The number of nitrogens with zero attached hydrogens (tertiary/aromatic N) is 1. The molecule has 0 amide bonds. The molecule has 2 nitrogen and oxygen atoms in total. The predicted molar refractivity (Wildman–Crippen MR) is 51.7 cm³/mol. The van der Waals surface area contributed by atoms with Gasteiger partial charge in [0.2, 0.25) is 0 Å². The Morgan fingerprint density at radius 2 is 2.18 bits per heavy atom. The zero-order valence-corrected chi connectivity index (χ0v) is 7.49. The van der Waals surface area contributed by atoms with E-state index in [2.05, 4.69) is 11.7 Å². The summed E-state index contributed by atoms with van der Waals surface area (Å²) in [5.74, 6) is 0.661. The monoisotopic (exact) mass is 170 g/mol. The minimum Gasteiger partial charge on any atom is -0.322 e. The van der Waals surface area contributed by atoms with Gasteiger partial charge in [-0.3, -0.25) is 4.99 Å². The first-order valence-corrected chi connectivity index (χ1v) is 4.88. The van der Waals surface area contributed by atoms with Crippen molar-refractivity contribution in [1.82, 2.24) is 0 Å². The minimum atomic E-state index is 0.661. The fourth-order valence-electron chi connectivity index (χ4n) is 1.29. The van der Waals surface area contributed by atoms with Crippen molar-refractivity contribution in [2.45, 2.75) is 25.7 Å². The molecule has 0 spiro atoms. The van der Waals surface area contributed by atoms with E-state index in [1.165, 1.54) is 23.4 Å². The first-order valence-electron chi connectivity index (χ1n) is 3.90. The second kappa shape index (κ2) is 4.57. The zero-order valence-electron chi connectivity index (χ0n) is 6.68. The molecule has 3 heteroatoms. The molecule has 0 radical (unpaired) electrons. The smallest absolute Gasteiger partial charge is 0.0491 e. The van der Waals surface area contributed by atoms with Gasteiger partial charge in [-0.25, -0.2) is 0 Å². The number of nitrogens with two attached hydrogens (primary N) is 1. The summed E-state index contributed by atoms with van der Waals surface area (Å²) >= 11 is 1.71. The second-order valence-electron chi connectivity index (χ2n) is 2.55. The lowest BCUT2D eigenvalue weighted by atomic mass is 10.1. The molecular weight excluding hydrogens is 156 g/mol. The van der Waals surface area contributed by atoms with Crippen molar-refractivity contribution in [2.75, 3.05) is 5.88 Å². The van der Waals surface area contributed by atoms with Crippen LogP contribution >= 0.6 is 11.8 Å². The van der Waals surface area contributed by atoms with Gasteiger partial charge in [0.1, 0.15) is 0 Å². The van der Waals surface area contributed by atoms with E-state index in [9.17, 15) is 0 Å². The summed E-state index contributed by atoms with van der Waals surface area (Å²) < 4.78 is 0. The van der Waals surface area contributed by atoms with E-state index in [1.807, 2.05) is 0 Å². The van der Waals surface area contributed by atoms with Crippen LogP contribution in [-0.4, -0.2) is 12.6 Å². The van der Waals surface area contributed by atoms with Gasteiger partial charge in [0, 0.05) is 16.5 Å². The minimum absolute atomic E-state index is 0.661. The Morgan fingerprint density at radius 3 is 2.82 bits per heavy atom. The van der Waals surface area contributed by atoms with Crippen LogP contribution in [0.5, 0.6) is 0 Å². The van der Waals surface area contributed by atoms with Crippen LogP contribution in [0.3, 0.4) is 0 Å². The highest BCUT2D eigenvalue weighted by molar-refractivity contribution is 8.03. The molecule has 1 aliphatic rings. The Kier molecular flexibility index (Phi) is 3.66. The van der Waals surface area contributed by atoms with Crippen LogP contribution in [0.25, 0.3) is 0 Å². The molecular formula is C8H14N2S. The standard InChI is InChI=1S/C8H14N2S/c1-10-7-4-2-3-5-8(7)11-6-9/h1-6,9H2. The maximum absolute atomic E-state index is 5.44. The van der Waals surface area contributed by atoms with Gasteiger partial charge >= 0.3 is 0 Å². The number of thioether (sulfide) groups is 1. The van der Waals surface area contributed by atoms with Crippen molar-refractivity contribution in [1.29, 1.82) is 0 Å². The van der Waals surface area contributed by atoms with Crippen molar-refractivity contribution >= 4 is 18.5 Å². The van der Waals surface area contributed by atoms with Crippen LogP contribution < -0.4 is 5.73 Å². The third kappa shape index (κ3) is 2.34. The molecule has 0 aromatic carbocycles. The maximum atomic E-state index is 5.44. The summed E-state index contributed by atoms with van der Waals surface area (Å²) in [6.45, 7) is 3.55. The highest BCUT2D eigenvalue weighted by Gasteiger charge is 2.10. The molecule has 0 fully saturated rings. The van der Waals surface area contributed by atoms with E-state index in [-0.39, 0.29) is 0 Å². The van der Waals surface area contributed by atoms with Crippen molar-refractivity contribution in [2.24, 2.45) is 10.7 Å². The molecule has 0 aliphatic heterocycles. The largest absolute Gasteiger partial charge is 0.322 e. The van der Waals surface area contributed by atoms with E-state index >= 15 is 0 Å². The van der Waals surface area contributed by atoms with Crippen molar-refractivity contribution in [3.63, 3.8) is 0 Å². The fraction of sp³-hybridized carbons (Fsp3) is 0.625. The van der Waals surface area contributed by atoms with Crippen LogP contribution in [0.4, 0.5) is 0 Å². The van der Waals surface area contributed by atoms with E-state index in [0.29, 0.717) is 5.88 Å². The average molecular weight is 170 g/mol. The van der Waals surface area contributed by atoms with Gasteiger partial charge in [-0.05, 0) is 32.4 Å². The molecule has 0 aromatic rings. The molecule has 0 atom stereocenters. The molecule has 1 rings (SSSR count). The normalized spacial score (nSPS) is 18.6. The Bertz CT molecular complexity index is 175. The van der Waals surface area contributed by atoms with Gasteiger partial charge in [-0.2, -0.15) is 0 Å². The topological polar surface area (TPSA) is 38.4 Å². The average Bonchev–Trinajstić information content (AvgIpc) is 2.06. The summed E-state index contributed by atoms with van der Waals surface area (Å²) in [7, 11) is 0. The van der Waals surface area contributed by atoms with E-state index in [1.54, 1.807) is 11.8 Å². The van der Waals surface area contributed by atoms with E-state index < -0.39 is 0 Å². The summed E-state index contributed by atoms with van der Waals surface area (Å²) in [5, 5.41) is 0. The molecule has 0 saturated heterocycles. The molecule has 0 bridgehead atoms. The molecule has 0 heterocycles. The van der Waals surface area contributed by atoms with Crippen molar-refractivity contribution < 1.29 is 0 Å². The lowest BCUT2D eigenvalue weighted by Crippen LogP contribution is -1.99. The number of aliphatic imine (C=N–C) groups is 1. The Labute approximate surface area is 72.0 Å².